The molecule has 0 aromatic heterocycles. The summed E-state index contributed by atoms with van der Waals surface area (Å²) in [5.74, 6) is 0.841. The average molecular weight is 195 g/mol. The molecule has 0 N–H and O–H groups in total. The van der Waals surface area contributed by atoms with E-state index < -0.39 is 0 Å². The zero-order valence-corrected chi connectivity index (χ0v) is 10.3. The van der Waals surface area contributed by atoms with E-state index in [1.807, 2.05) is 0 Å². The molecule has 1 rings (SSSR count). The van der Waals surface area contributed by atoms with Gasteiger partial charge in [0.1, 0.15) is 0 Å². The molecule has 1 saturated heterocycles. The lowest BCUT2D eigenvalue weighted by Gasteiger charge is -2.44. The Kier molecular flexibility index (Phi) is 3.63. The van der Waals surface area contributed by atoms with Crippen LogP contribution in [0.3, 0.4) is 0 Å². The van der Waals surface area contributed by atoms with Crippen molar-refractivity contribution in [3.63, 3.8) is 0 Å². The number of hydrogen-bond acceptors (Lipinski definition) is 1. The molecule has 1 unspecified atom stereocenters. The second-order valence-corrected chi connectivity index (χ2v) is 5.42. The smallest absolute Gasteiger partial charge is 0.0228 e. The van der Waals surface area contributed by atoms with Crippen LogP contribution < -0.4 is 0 Å². The van der Waals surface area contributed by atoms with E-state index in [4.69, 9.17) is 0 Å². The SMILES string of the molecule is C=C(CCC)N1CCC(C)C(C)(C)C1. The lowest BCUT2D eigenvalue weighted by atomic mass is 9.75. The Labute approximate surface area is 89.2 Å². The van der Waals surface area contributed by atoms with Crippen LogP contribution in [0.2, 0.25) is 0 Å². The first-order chi connectivity index (χ1) is 6.47. The molecule has 0 bridgehead atoms. The van der Waals surface area contributed by atoms with Crippen molar-refractivity contribution < 1.29 is 0 Å². The molecule has 0 aliphatic carbocycles. The van der Waals surface area contributed by atoms with Gasteiger partial charge < -0.3 is 4.90 Å². The topological polar surface area (TPSA) is 3.24 Å². The van der Waals surface area contributed by atoms with E-state index in [1.165, 1.54) is 31.6 Å². The lowest BCUT2D eigenvalue weighted by Crippen LogP contribution is -2.43. The Hall–Kier alpha value is -0.460. The third kappa shape index (κ3) is 2.52. The minimum absolute atomic E-state index is 0.453. The predicted molar refractivity (Wildman–Crippen MR) is 63.2 cm³/mol. The van der Waals surface area contributed by atoms with E-state index in [9.17, 15) is 0 Å². The van der Waals surface area contributed by atoms with Gasteiger partial charge in [0.25, 0.3) is 0 Å². The summed E-state index contributed by atoms with van der Waals surface area (Å²) in [4.78, 5) is 2.49. The van der Waals surface area contributed by atoms with Crippen molar-refractivity contribution in [2.75, 3.05) is 13.1 Å². The normalized spacial score (nSPS) is 26.3. The highest BCUT2D eigenvalue weighted by Gasteiger charge is 2.32. The molecule has 1 fully saturated rings. The largest absolute Gasteiger partial charge is 0.375 e. The molecule has 14 heavy (non-hydrogen) atoms. The van der Waals surface area contributed by atoms with Crippen molar-refractivity contribution in [2.24, 2.45) is 11.3 Å². The summed E-state index contributed by atoms with van der Waals surface area (Å²) in [6.45, 7) is 15.9. The van der Waals surface area contributed by atoms with Crippen molar-refractivity contribution in [1.82, 2.24) is 4.90 Å². The summed E-state index contributed by atoms with van der Waals surface area (Å²) in [6, 6.07) is 0. The van der Waals surface area contributed by atoms with Gasteiger partial charge in [0.05, 0.1) is 0 Å². The van der Waals surface area contributed by atoms with Gasteiger partial charge in [-0.3, -0.25) is 0 Å². The number of likely N-dealkylation sites (tertiary alicyclic amines) is 1. The van der Waals surface area contributed by atoms with E-state index in [2.05, 4.69) is 39.2 Å². The van der Waals surface area contributed by atoms with Crippen LogP contribution in [-0.2, 0) is 0 Å². The van der Waals surface area contributed by atoms with Crippen LogP contribution in [0.5, 0.6) is 0 Å². The van der Waals surface area contributed by atoms with Crippen molar-refractivity contribution in [1.29, 1.82) is 0 Å². The maximum absolute atomic E-state index is 4.18. The minimum Gasteiger partial charge on any atom is -0.375 e. The molecule has 0 radical (unpaired) electrons. The van der Waals surface area contributed by atoms with E-state index in [1.54, 1.807) is 0 Å². The van der Waals surface area contributed by atoms with Gasteiger partial charge in [-0.2, -0.15) is 0 Å². The van der Waals surface area contributed by atoms with E-state index in [0.717, 1.165) is 12.3 Å². The molecule has 0 aromatic carbocycles. The lowest BCUT2D eigenvalue weighted by molar-refractivity contribution is 0.0855. The first-order valence-electron chi connectivity index (χ1n) is 5.90. The number of hydrogen-bond donors (Lipinski definition) is 0. The highest BCUT2D eigenvalue weighted by atomic mass is 15.1. The fraction of sp³-hybridized carbons (Fsp3) is 0.846. The first kappa shape index (κ1) is 11.6. The highest BCUT2D eigenvalue weighted by Crippen LogP contribution is 2.35. The molecular formula is C13H25N. The Morgan fingerprint density at radius 3 is 2.64 bits per heavy atom. The Balaban J connectivity index is 2.55. The van der Waals surface area contributed by atoms with Crippen LogP contribution in [0.4, 0.5) is 0 Å². The number of allylic oxidation sites excluding steroid dienone is 1. The molecule has 0 saturated carbocycles. The van der Waals surface area contributed by atoms with Crippen LogP contribution in [0.1, 0.15) is 47.0 Å². The molecular weight excluding hydrogens is 170 g/mol. The molecule has 82 valence electrons. The summed E-state index contributed by atoms with van der Waals surface area (Å²) in [5.41, 5.74) is 1.79. The predicted octanol–water partition coefficient (Wildman–Crippen LogP) is 3.67. The molecule has 0 amide bonds. The molecule has 1 heteroatoms. The Bertz CT molecular complexity index is 205. The second kappa shape index (κ2) is 4.37. The Morgan fingerprint density at radius 1 is 1.50 bits per heavy atom. The fourth-order valence-electron chi connectivity index (χ4n) is 2.18. The summed E-state index contributed by atoms with van der Waals surface area (Å²) in [7, 11) is 0. The molecule has 1 atom stereocenters. The van der Waals surface area contributed by atoms with Gasteiger partial charge >= 0.3 is 0 Å². The summed E-state index contributed by atoms with van der Waals surface area (Å²) in [5, 5.41) is 0. The van der Waals surface area contributed by atoms with Gasteiger partial charge in [0.15, 0.2) is 0 Å². The summed E-state index contributed by atoms with van der Waals surface area (Å²) >= 11 is 0. The summed E-state index contributed by atoms with van der Waals surface area (Å²) in [6.07, 6.45) is 3.69. The van der Waals surface area contributed by atoms with Gasteiger partial charge in [-0.25, -0.2) is 0 Å². The van der Waals surface area contributed by atoms with Gasteiger partial charge in [0, 0.05) is 18.8 Å². The number of nitrogens with zero attached hydrogens (tertiary/aromatic N) is 1. The van der Waals surface area contributed by atoms with Crippen molar-refractivity contribution in [2.45, 2.75) is 47.0 Å². The van der Waals surface area contributed by atoms with Crippen LogP contribution >= 0.6 is 0 Å². The standard InChI is InChI=1S/C13H25N/c1-6-7-12(3)14-9-8-11(2)13(4,5)10-14/h11H,3,6-10H2,1-2,4-5H3. The minimum atomic E-state index is 0.453. The maximum atomic E-state index is 4.18. The zero-order valence-electron chi connectivity index (χ0n) is 10.3. The molecule has 1 nitrogen and oxygen atoms in total. The zero-order chi connectivity index (χ0) is 10.8. The highest BCUT2D eigenvalue weighted by molar-refractivity contribution is 4.99. The van der Waals surface area contributed by atoms with E-state index in [-0.39, 0.29) is 0 Å². The molecule has 0 spiro atoms. The quantitative estimate of drug-likeness (QED) is 0.664. The number of rotatable bonds is 3. The van der Waals surface area contributed by atoms with Crippen molar-refractivity contribution >= 4 is 0 Å². The van der Waals surface area contributed by atoms with Crippen LogP contribution in [0.15, 0.2) is 12.3 Å². The fourth-order valence-corrected chi connectivity index (χ4v) is 2.18. The second-order valence-electron chi connectivity index (χ2n) is 5.42. The third-order valence-corrected chi connectivity index (χ3v) is 3.75. The van der Waals surface area contributed by atoms with Gasteiger partial charge in [0.2, 0.25) is 0 Å². The van der Waals surface area contributed by atoms with Crippen molar-refractivity contribution in [3.8, 4) is 0 Å². The van der Waals surface area contributed by atoms with Crippen LogP contribution in [0, 0.1) is 11.3 Å². The van der Waals surface area contributed by atoms with Gasteiger partial charge in [-0.1, -0.05) is 40.7 Å². The first-order valence-corrected chi connectivity index (χ1v) is 5.90. The maximum Gasteiger partial charge on any atom is 0.0228 e. The van der Waals surface area contributed by atoms with Gasteiger partial charge in [-0.15, -0.1) is 0 Å². The number of piperidine rings is 1. The van der Waals surface area contributed by atoms with Crippen LogP contribution in [-0.4, -0.2) is 18.0 Å². The monoisotopic (exact) mass is 195 g/mol. The van der Waals surface area contributed by atoms with Gasteiger partial charge in [-0.05, 0) is 24.2 Å². The molecule has 0 aromatic rings. The average Bonchev–Trinajstić information content (AvgIpc) is 2.10. The van der Waals surface area contributed by atoms with Crippen molar-refractivity contribution in [3.05, 3.63) is 12.3 Å². The third-order valence-electron chi connectivity index (χ3n) is 3.75. The van der Waals surface area contributed by atoms with Crippen LogP contribution in [0.25, 0.3) is 0 Å². The molecule has 1 heterocycles. The van der Waals surface area contributed by atoms with E-state index >= 15 is 0 Å². The molecule has 1 aliphatic rings. The molecule has 1 aliphatic heterocycles. The Morgan fingerprint density at radius 2 is 2.14 bits per heavy atom. The summed E-state index contributed by atoms with van der Waals surface area (Å²) < 4.78 is 0. The van der Waals surface area contributed by atoms with E-state index in [0.29, 0.717) is 5.41 Å².